The van der Waals surface area contributed by atoms with Gasteiger partial charge in [0.1, 0.15) is 10.6 Å². The number of rotatable bonds is 4. The third kappa shape index (κ3) is 3.03. The monoisotopic (exact) mass is 383 g/mol. The van der Waals surface area contributed by atoms with Crippen LogP contribution in [0.3, 0.4) is 0 Å². The molecular formula is C13H14BrN5S2. The van der Waals surface area contributed by atoms with Crippen molar-refractivity contribution in [2.45, 2.75) is 13.5 Å². The minimum atomic E-state index is 0.442. The van der Waals surface area contributed by atoms with Crippen molar-refractivity contribution in [3.63, 3.8) is 0 Å². The minimum Gasteiger partial charge on any atom is -0.355 e. The van der Waals surface area contributed by atoms with Crippen molar-refractivity contribution in [1.29, 1.82) is 0 Å². The number of hydrogen-bond donors (Lipinski definition) is 2. The number of aryl methyl sites for hydroxylation is 1. The molecule has 110 valence electrons. The average molecular weight is 384 g/mol. The largest absolute Gasteiger partial charge is 0.355 e. The summed E-state index contributed by atoms with van der Waals surface area (Å²) in [6, 6.07) is 4.25. The van der Waals surface area contributed by atoms with Crippen LogP contribution in [0.5, 0.6) is 0 Å². The maximum Gasteiger partial charge on any atom is 0.240 e. The third-order valence-electron chi connectivity index (χ3n) is 3.03. The van der Waals surface area contributed by atoms with Crippen LogP contribution in [-0.4, -0.2) is 17.0 Å². The Morgan fingerprint density at radius 2 is 2.19 bits per heavy atom. The first-order chi connectivity index (χ1) is 10.1. The zero-order valence-corrected chi connectivity index (χ0v) is 14.8. The van der Waals surface area contributed by atoms with Crippen LogP contribution in [0, 0.1) is 6.92 Å². The molecule has 0 aliphatic carbocycles. The number of thiophene rings is 2. The molecule has 3 rings (SSSR count). The predicted molar refractivity (Wildman–Crippen MR) is 94.1 cm³/mol. The van der Waals surface area contributed by atoms with Crippen LogP contribution < -0.4 is 16.2 Å². The van der Waals surface area contributed by atoms with E-state index in [1.54, 1.807) is 22.7 Å². The van der Waals surface area contributed by atoms with E-state index in [1.807, 2.05) is 7.05 Å². The van der Waals surface area contributed by atoms with Crippen LogP contribution in [0.4, 0.5) is 11.8 Å². The SMILES string of the molecule is Cc1cc2c(N(C)Cc3csc(Br)c3)nc(NN)nc2s1. The van der Waals surface area contributed by atoms with E-state index in [-0.39, 0.29) is 0 Å². The number of halogens is 1. The van der Waals surface area contributed by atoms with Crippen LogP contribution in [0.2, 0.25) is 0 Å². The van der Waals surface area contributed by atoms with Crippen LogP contribution in [0.15, 0.2) is 21.3 Å². The Morgan fingerprint density at radius 3 is 2.86 bits per heavy atom. The molecule has 0 fully saturated rings. The highest BCUT2D eigenvalue weighted by Crippen LogP contribution is 2.32. The normalized spacial score (nSPS) is 11.0. The van der Waals surface area contributed by atoms with Crippen molar-refractivity contribution < 1.29 is 0 Å². The van der Waals surface area contributed by atoms with Gasteiger partial charge in [0.05, 0.1) is 9.17 Å². The molecule has 0 unspecified atom stereocenters. The van der Waals surface area contributed by atoms with E-state index in [9.17, 15) is 0 Å². The molecule has 3 N–H and O–H groups in total. The van der Waals surface area contributed by atoms with Crippen LogP contribution in [-0.2, 0) is 6.54 Å². The lowest BCUT2D eigenvalue weighted by molar-refractivity contribution is 0.904. The summed E-state index contributed by atoms with van der Waals surface area (Å²) in [6.07, 6.45) is 0. The van der Waals surface area contributed by atoms with Gasteiger partial charge in [0.2, 0.25) is 5.95 Å². The fourth-order valence-electron chi connectivity index (χ4n) is 2.16. The maximum atomic E-state index is 5.48. The summed E-state index contributed by atoms with van der Waals surface area (Å²) in [4.78, 5) is 13.2. The van der Waals surface area contributed by atoms with Gasteiger partial charge in [-0.25, -0.2) is 10.8 Å². The van der Waals surface area contributed by atoms with Gasteiger partial charge < -0.3 is 4.90 Å². The highest BCUT2D eigenvalue weighted by molar-refractivity contribution is 9.11. The number of hydrazine groups is 1. The van der Waals surface area contributed by atoms with E-state index in [2.05, 4.69) is 60.7 Å². The second kappa shape index (κ2) is 5.88. The van der Waals surface area contributed by atoms with Crippen molar-refractivity contribution in [3.05, 3.63) is 31.7 Å². The second-order valence-electron chi connectivity index (χ2n) is 4.71. The summed E-state index contributed by atoms with van der Waals surface area (Å²) in [5.74, 6) is 6.81. The molecule has 0 aromatic carbocycles. The maximum absolute atomic E-state index is 5.48. The fraction of sp³-hybridized carbons (Fsp3) is 0.231. The smallest absolute Gasteiger partial charge is 0.240 e. The molecule has 3 heterocycles. The fourth-order valence-corrected chi connectivity index (χ4v) is 4.23. The van der Waals surface area contributed by atoms with Crippen LogP contribution in [0.1, 0.15) is 10.4 Å². The van der Waals surface area contributed by atoms with E-state index >= 15 is 0 Å². The van der Waals surface area contributed by atoms with Gasteiger partial charge in [-0.3, -0.25) is 5.43 Å². The predicted octanol–water partition coefficient (Wildman–Crippen LogP) is 3.75. The van der Waals surface area contributed by atoms with Gasteiger partial charge in [-0.05, 0) is 45.9 Å². The van der Waals surface area contributed by atoms with Crippen molar-refractivity contribution in [3.8, 4) is 0 Å². The standard InChI is InChI=1S/C13H14BrN5S2/c1-7-3-9-11(16-13(18-15)17-12(9)21-7)19(2)5-8-4-10(14)20-6-8/h3-4,6H,5,15H2,1-2H3,(H,16,17,18). The Hall–Kier alpha value is -1.22. The second-order valence-corrected chi connectivity index (χ2v) is 8.23. The summed E-state index contributed by atoms with van der Waals surface area (Å²) in [7, 11) is 2.03. The lowest BCUT2D eigenvalue weighted by Gasteiger charge is -2.19. The lowest BCUT2D eigenvalue weighted by Crippen LogP contribution is -2.19. The summed E-state index contributed by atoms with van der Waals surface area (Å²) in [5.41, 5.74) is 3.79. The molecule has 0 saturated carbocycles. The number of nitrogen functional groups attached to an aromatic ring is 1. The van der Waals surface area contributed by atoms with Crippen molar-refractivity contribution in [2.24, 2.45) is 5.84 Å². The molecule has 0 aliphatic heterocycles. The molecule has 0 bridgehead atoms. The molecule has 0 atom stereocenters. The molecule has 0 saturated heterocycles. The Bertz CT molecular complexity index is 782. The topological polar surface area (TPSA) is 67.1 Å². The molecule has 5 nitrogen and oxygen atoms in total. The van der Waals surface area contributed by atoms with Gasteiger partial charge in [0.15, 0.2) is 0 Å². The van der Waals surface area contributed by atoms with E-state index in [0.29, 0.717) is 5.95 Å². The summed E-state index contributed by atoms with van der Waals surface area (Å²) in [6.45, 7) is 2.86. The Labute approximate surface area is 138 Å². The third-order valence-corrected chi connectivity index (χ3v) is 5.53. The number of nitrogens with one attached hydrogen (secondary N) is 1. The summed E-state index contributed by atoms with van der Waals surface area (Å²) >= 11 is 6.82. The van der Waals surface area contributed by atoms with Crippen LogP contribution >= 0.6 is 38.6 Å². The molecular weight excluding hydrogens is 370 g/mol. The zero-order chi connectivity index (χ0) is 15.0. The molecule has 0 radical (unpaired) electrons. The van der Waals surface area contributed by atoms with Gasteiger partial charge in [-0.15, -0.1) is 22.7 Å². The zero-order valence-electron chi connectivity index (χ0n) is 11.6. The van der Waals surface area contributed by atoms with E-state index in [4.69, 9.17) is 5.84 Å². The van der Waals surface area contributed by atoms with Crippen LogP contribution in [0.25, 0.3) is 10.2 Å². The number of nitrogens with zero attached hydrogens (tertiary/aromatic N) is 3. The molecule has 0 spiro atoms. The molecule has 3 aromatic heterocycles. The number of hydrogen-bond acceptors (Lipinski definition) is 7. The lowest BCUT2D eigenvalue weighted by atomic mass is 10.3. The Balaban J connectivity index is 2.01. The molecule has 0 amide bonds. The van der Waals surface area contributed by atoms with Gasteiger partial charge in [0.25, 0.3) is 0 Å². The van der Waals surface area contributed by atoms with Crippen molar-refractivity contribution in [1.82, 2.24) is 9.97 Å². The number of nitrogens with two attached hydrogens (primary N) is 1. The first kappa shape index (κ1) is 14.7. The number of fused-ring (bicyclic) bond motifs is 1. The van der Waals surface area contributed by atoms with Gasteiger partial charge in [0, 0.05) is 18.5 Å². The van der Waals surface area contributed by atoms with Gasteiger partial charge in [-0.2, -0.15) is 4.98 Å². The Morgan fingerprint density at radius 1 is 1.38 bits per heavy atom. The summed E-state index contributed by atoms with van der Waals surface area (Å²) in [5, 5.41) is 3.20. The van der Waals surface area contributed by atoms with E-state index < -0.39 is 0 Å². The first-order valence-electron chi connectivity index (χ1n) is 6.25. The van der Waals surface area contributed by atoms with E-state index in [1.165, 1.54) is 10.4 Å². The van der Waals surface area contributed by atoms with E-state index in [0.717, 1.165) is 26.4 Å². The minimum absolute atomic E-state index is 0.442. The summed E-state index contributed by atoms with van der Waals surface area (Å²) < 4.78 is 1.13. The Kier molecular flexibility index (Phi) is 4.12. The first-order valence-corrected chi connectivity index (χ1v) is 8.74. The average Bonchev–Trinajstić information content (AvgIpc) is 3.02. The molecule has 3 aromatic rings. The van der Waals surface area contributed by atoms with Gasteiger partial charge >= 0.3 is 0 Å². The van der Waals surface area contributed by atoms with Gasteiger partial charge in [-0.1, -0.05) is 0 Å². The van der Waals surface area contributed by atoms with Crippen molar-refractivity contribution in [2.75, 3.05) is 17.4 Å². The number of anilines is 2. The number of aromatic nitrogens is 2. The highest BCUT2D eigenvalue weighted by atomic mass is 79.9. The van der Waals surface area contributed by atoms with Crippen molar-refractivity contribution >= 4 is 60.6 Å². The highest BCUT2D eigenvalue weighted by Gasteiger charge is 2.14. The molecule has 0 aliphatic rings. The quantitative estimate of drug-likeness (QED) is 0.530. The molecule has 8 heteroatoms. The molecule has 21 heavy (non-hydrogen) atoms.